The van der Waals surface area contributed by atoms with Crippen molar-refractivity contribution >= 4 is 40.6 Å². The van der Waals surface area contributed by atoms with Gasteiger partial charge in [0, 0.05) is 25.2 Å². The average Bonchev–Trinajstić information content (AvgIpc) is 2.90. The fourth-order valence-corrected chi connectivity index (χ4v) is 3.40. The molecule has 0 unspecified atom stereocenters. The molecule has 2 heterocycles. The summed E-state index contributed by atoms with van der Waals surface area (Å²) in [7, 11) is 0. The standard InChI is InChI=1S/C16H15N3O6S/c20-14(17-4-6-25-7-5-17)10-18-15(21)13(26-16(18)22)9-11-2-1-3-12(8-11)19(23)24/h1-3,8-9H,4-7,10H2/b13-9-. The van der Waals surface area contributed by atoms with Gasteiger partial charge in [0.25, 0.3) is 16.8 Å². The summed E-state index contributed by atoms with van der Waals surface area (Å²) in [4.78, 5) is 49.7. The van der Waals surface area contributed by atoms with E-state index in [0.29, 0.717) is 43.6 Å². The molecule has 0 aromatic heterocycles. The van der Waals surface area contributed by atoms with Crippen LogP contribution in [0.5, 0.6) is 0 Å². The normalized spacial score (nSPS) is 19.3. The number of non-ortho nitro benzene ring substituents is 1. The van der Waals surface area contributed by atoms with E-state index in [2.05, 4.69) is 0 Å². The number of nitro groups is 1. The van der Waals surface area contributed by atoms with Crippen LogP contribution >= 0.6 is 11.8 Å². The quantitative estimate of drug-likeness (QED) is 0.444. The Morgan fingerprint density at radius 3 is 2.73 bits per heavy atom. The third kappa shape index (κ3) is 3.92. The molecule has 26 heavy (non-hydrogen) atoms. The van der Waals surface area contributed by atoms with Gasteiger partial charge in [0.2, 0.25) is 5.91 Å². The summed E-state index contributed by atoms with van der Waals surface area (Å²) >= 11 is 0.713. The van der Waals surface area contributed by atoms with Gasteiger partial charge in [-0.2, -0.15) is 0 Å². The van der Waals surface area contributed by atoms with Gasteiger partial charge < -0.3 is 9.64 Å². The maximum atomic E-state index is 12.4. The number of rotatable bonds is 4. The lowest BCUT2D eigenvalue weighted by atomic mass is 10.2. The third-order valence-corrected chi connectivity index (χ3v) is 4.82. The molecular weight excluding hydrogens is 362 g/mol. The maximum absolute atomic E-state index is 12.4. The summed E-state index contributed by atoms with van der Waals surface area (Å²) in [5, 5.41) is 10.3. The van der Waals surface area contributed by atoms with Crippen molar-refractivity contribution in [2.45, 2.75) is 0 Å². The summed E-state index contributed by atoms with van der Waals surface area (Å²) in [5.74, 6) is -0.889. The highest BCUT2D eigenvalue weighted by atomic mass is 32.2. The van der Waals surface area contributed by atoms with Crippen LogP contribution in [-0.4, -0.2) is 64.6 Å². The Labute approximate surface area is 152 Å². The summed E-state index contributed by atoms with van der Waals surface area (Å²) in [5.41, 5.74) is 0.324. The molecule has 136 valence electrons. The highest BCUT2D eigenvalue weighted by Gasteiger charge is 2.37. The van der Waals surface area contributed by atoms with Crippen LogP contribution in [0.4, 0.5) is 10.5 Å². The fraction of sp³-hybridized carbons (Fsp3) is 0.312. The summed E-state index contributed by atoms with van der Waals surface area (Å²) < 4.78 is 5.17. The van der Waals surface area contributed by atoms with E-state index in [0.717, 1.165) is 4.90 Å². The fourth-order valence-electron chi connectivity index (χ4n) is 2.56. The molecule has 0 saturated carbocycles. The number of hydrogen-bond acceptors (Lipinski definition) is 7. The molecule has 0 atom stereocenters. The number of imide groups is 1. The van der Waals surface area contributed by atoms with E-state index >= 15 is 0 Å². The molecule has 3 rings (SSSR count). The predicted molar refractivity (Wildman–Crippen MR) is 93.2 cm³/mol. The van der Waals surface area contributed by atoms with Gasteiger partial charge in [-0.3, -0.25) is 29.4 Å². The molecule has 0 spiro atoms. The molecule has 9 nitrogen and oxygen atoms in total. The van der Waals surface area contributed by atoms with E-state index in [4.69, 9.17) is 4.74 Å². The zero-order valence-electron chi connectivity index (χ0n) is 13.6. The zero-order valence-corrected chi connectivity index (χ0v) is 14.4. The van der Waals surface area contributed by atoms with Crippen molar-refractivity contribution in [2.75, 3.05) is 32.8 Å². The first-order valence-corrected chi connectivity index (χ1v) is 8.62. The molecule has 2 aliphatic heterocycles. The van der Waals surface area contributed by atoms with Crippen LogP contribution in [0.15, 0.2) is 29.2 Å². The highest BCUT2D eigenvalue weighted by Crippen LogP contribution is 2.32. The van der Waals surface area contributed by atoms with Crippen LogP contribution in [0, 0.1) is 10.1 Å². The van der Waals surface area contributed by atoms with E-state index in [1.54, 1.807) is 11.0 Å². The van der Waals surface area contributed by atoms with Crippen molar-refractivity contribution in [1.29, 1.82) is 0 Å². The van der Waals surface area contributed by atoms with Gasteiger partial charge in [0.05, 0.1) is 23.0 Å². The summed E-state index contributed by atoms with van der Waals surface area (Å²) in [6, 6.07) is 5.74. The second kappa shape index (κ2) is 7.67. The SMILES string of the molecule is O=C(CN1C(=O)S/C(=C\c2cccc([N+](=O)[O-])c2)C1=O)N1CCOCC1. The first-order chi connectivity index (χ1) is 12.5. The van der Waals surface area contributed by atoms with E-state index in [1.807, 2.05) is 0 Å². The Morgan fingerprint density at radius 2 is 2.04 bits per heavy atom. The van der Waals surface area contributed by atoms with Crippen LogP contribution < -0.4 is 0 Å². The molecule has 2 saturated heterocycles. The number of amides is 3. The molecule has 3 amide bonds. The molecule has 0 aliphatic carbocycles. The van der Waals surface area contributed by atoms with Crippen molar-refractivity contribution in [3.63, 3.8) is 0 Å². The number of ether oxygens (including phenoxy) is 1. The molecule has 0 N–H and O–H groups in total. The first kappa shape index (κ1) is 18.1. The molecule has 10 heteroatoms. The number of carbonyl (C=O) groups is 3. The number of hydrogen-bond donors (Lipinski definition) is 0. The van der Waals surface area contributed by atoms with Gasteiger partial charge >= 0.3 is 0 Å². The van der Waals surface area contributed by atoms with E-state index in [1.165, 1.54) is 24.3 Å². The Kier molecular flexibility index (Phi) is 5.33. The second-order valence-electron chi connectivity index (χ2n) is 5.61. The number of thioether (sulfide) groups is 1. The third-order valence-electron chi connectivity index (χ3n) is 3.91. The molecular formula is C16H15N3O6S. The summed E-state index contributed by atoms with van der Waals surface area (Å²) in [6.07, 6.45) is 1.41. The van der Waals surface area contributed by atoms with Gasteiger partial charge in [-0.1, -0.05) is 12.1 Å². The maximum Gasteiger partial charge on any atom is 0.294 e. The van der Waals surface area contributed by atoms with E-state index in [-0.39, 0.29) is 23.0 Å². The van der Waals surface area contributed by atoms with Crippen molar-refractivity contribution < 1.29 is 24.0 Å². The number of morpholine rings is 1. The minimum Gasteiger partial charge on any atom is -0.378 e. The monoisotopic (exact) mass is 377 g/mol. The number of nitrogens with zero attached hydrogens (tertiary/aromatic N) is 3. The van der Waals surface area contributed by atoms with Crippen molar-refractivity contribution in [3.8, 4) is 0 Å². The Morgan fingerprint density at radius 1 is 1.31 bits per heavy atom. The number of nitro benzene ring substituents is 1. The zero-order chi connectivity index (χ0) is 18.7. The molecule has 1 aromatic carbocycles. The van der Waals surface area contributed by atoms with Gasteiger partial charge in [-0.15, -0.1) is 0 Å². The van der Waals surface area contributed by atoms with E-state index < -0.39 is 16.1 Å². The average molecular weight is 377 g/mol. The topological polar surface area (TPSA) is 110 Å². The van der Waals surface area contributed by atoms with Crippen molar-refractivity contribution in [1.82, 2.24) is 9.80 Å². The van der Waals surface area contributed by atoms with Crippen LogP contribution in [-0.2, 0) is 14.3 Å². The molecule has 2 fully saturated rings. The van der Waals surface area contributed by atoms with Crippen LogP contribution in [0.1, 0.15) is 5.56 Å². The second-order valence-corrected chi connectivity index (χ2v) is 6.61. The Bertz CT molecular complexity index is 803. The number of carbonyl (C=O) groups excluding carboxylic acids is 3. The predicted octanol–water partition coefficient (Wildman–Crippen LogP) is 1.49. The molecule has 2 aliphatic rings. The first-order valence-electron chi connectivity index (χ1n) is 7.81. The van der Waals surface area contributed by atoms with E-state index in [9.17, 15) is 24.5 Å². The Balaban J connectivity index is 1.73. The Hall–Kier alpha value is -2.72. The van der Waals surface area contributed by atoms with Crippen LogP contribution in [0.3, 0.4) is 0 Å². The lowest BCUT2D eigenvalue weighted by Gasteiger charge is -2.28. The van der Waals surface area contributed by atoms with Gasteiger partial charge in [0.15, 0.2) is 0 Å². The number of benzene rings is 1. The highest BCUT2D eigenvalue weighted by molar-refractivity contribution is 8.18. The minimum absolute atomic E-state index is 0.111. The smallest absolute Gasteiger partial charge is 0.294 e. The van der Waals surface area contributed by atoms with Crippen molar-refractivity contribution in [3.05, 3.63) is 44.8 Å². The lowest BCUT2D eigenvalue weighted by molar-refractivity contribution is -0.384. The van der Waals surface area contributed by atoms with Gasteiger partial charge in [-0.05, 0) is 23.4 Å². The van der Waals surface area contributed by atoms with Gasteiger partial charge in [-0.25, -0.2) is 0 Å². The lowest BCUT2D eigenvalue weighted by Crippen LogP contribution is -2.46. The molecule has 1 aromatic rings. The summed E-state index contributed by atoms with van der Waals surface area (Å²) in [6.45, 7) is 1.40. The molecule has 0 bridgehead atoms. The minimum atomic E-state index is -0.576. The molecule has 0 radical (unpaired) electrons. The van der Waals surface area contributed by atoms with Crippen LogP contribution in [0.2, 0.25) is 0 Å². The van der Waals surface area contributed by atoms with Crippen LogP contribution in [0.25, 0.3) is 6.08 Å². The van der Waals surface area contributed by atoms with Crippen molar-refractivity contribution in [2.24, 2.45) is 0 Å². The van der Waals surface area contributed by atoms with Gasteiger partial charge in [0.1, 0.15) is 6.54 Å². The largest absolute Gasteiger partial charge is 0.378 e.